The van der Waals surface area contributed by atoms with Crippen LogP contribution in [-0.2, 0) is 11.3 Å². The highest BCUT2D eigenvalue weighted by Gasteiger charge is 2.12. The molecular formula is C21H20ClN3O5. The zero-order valence-electron chi connectivity index (χ0n) is 16.2. The molecule has 1 aromatic heterocycles. The molecule has 2 aromatic carbocycles. The average Bonchev–Trinajstić information content (AvgIpc) is 3.23. The number of amides is 2. The van der Waals surface area contributed by atoms with Crippen LogP contribution >= 0.6 is 11.6 Å². The van der Waals surface area contributed by atoms with Gasteiger partial charge < -0.3 is 24.6 Å². The summed E-state index contributed by atoms with van der Waals surface area (Å²) >= 11 is 5.83. The molecule has 9 heteroatoms. The van der Waals surface area contributed by atoms with Gasteiger partial charge in [-0.15, -0.1) is 0 Å². The molecule has 2 amide bonds. The van der Waals surface area contributed by atoms with Crippen molar-refractivity contribution in [3.05, 3.63) is 76.6 Å². The van der Waals surface area contributed by atoms with E-state index in [0.29, 0.717) is 40.9 Å². The molecule has 3 rings (SSSR count). The number of carbonyl (C=O) groups is 2. The second kappa shape index (κ2) is 10.4. The number of hydrogen-bond donors (Lipinski definition) is 2. The summed E-state index contributed by atoms with van der Waals surface area (Å²) in [5.41, 5.74) is 1.30. The average molecular weight is 430 g/mol. The molecule has 0 unspecified atom stereocenters. The highest BCUT2D eigenvalue weighted by molar-refractivity contribution is 6.30. The van der Waals surface area contributed by atoms with Crippen molar-refractivity contribution in [1.29, 1.82) is 0 Å². The Hall–Kier alpha value is -3.36. The normalized spacial score (nSPS) is 10.5. The number of aromatic nitrogens is 1. The number of hydrogen-bond acceptors (Lipinski definition) is 6. The van der Waals surface area contributed by atoms with E-state index in [-0.39, 0.29) is 24.1 Å². The van der Waals surface area contributed by atoms with Gasteiger partial charge in [0.25, 0.3) is 11.8 Å². The summed E-state index contributed by atoms with van der Waals surface area (Å²) in [5.74, 6) is 0.398. The third-order valence-corrected chi connectivity index (χ3v) is 4.24. The van der Waals surface area contributed by atoms with Crippen molar-refractivity contribution < 1.29 is 23.6 Å². The van der Waals surface area contributed by atoms with Crippen molar-refractivity contribution in [2.75, 3.05) is 25.6 Å². The van der Waals surface area contributed by atoms with Crippen LogP contribution in [0.4, 0.5) is 5.69 Å². The number of ether oxygens (including phenoxy) is 2. The van der Waals surface area contributed by atoms with E-state index < -0.39 is 0 Å². The molecule has 2 N–H and O–H groups in total. The first-order chi connectivity index (χ1) is 14.5. The monoisotopic (exact) mass is 429 g/mol. The van der Waals surface area contributed by atoms with Crippen LogP contribution < -0.4 is 15.4 Å². The number of anilines is 1. The van der Waals surface area contributed by atoms with Crippen LogP contribution in [0.1, 0.15) is 26.6 Å². The van der Waals surface area contributed by atoms with E-state index in [4.69, 9.17) is 25.6 Å². The maximum Gasteiger partial charge on any atom is 0.273 e. The number of nitrogens with zero attached hydrogens (tertiary/aromatic N) is 1. The molecule has 0 atom stereocenters. The lowest BCUT2D eigenvalue weighted by molar-refractivity contribution is 0.0927. The molecule has 0 bridgehead atoms. The molecule has 0 saturated heterocycles. The number of halogens is 1. The van der Waals surface area contributed by atoms with Crippen LogP contribution in [0.2, 0.25) is 5.02 Å². The Morgan fingerprint density at radius 3 is 2.50 bits per heavy atom. The maximum absolute atomic E-state index is 12.2. The second-order valence-electron chi connectivity index (χ2n) is 6.20. The van der Waals surface area contributed by atoms with Gasteiger partial charge in [0.05, 0.1) is 6.61 Å². The summed E-state index contributed by atoms with van der Waals surface area (Å²) in [6.45, 7) is 0.902. The summed E-state index contributed by atoms with van der Waals surface area (Å²) < 4.78 is 15.6. The van der Waals surface area contributed by atoms with Crippen LogP contribution in [-0.4, -0.2) is 37.2 Å². The second-order valence-corrected chi connectivity index (χ2v) is 6.64. The van der Waals surface area contributed by atoms with E-state index >= 15 is 0 Å². The lowest BCUT2D eigenvalue weighted by atomic mass is 10.2. The Morgan fingerprint density at radius 2 is 1.80 bits per heavy atom. The van der Waals surface area contributed by atoms with Crippen LogP contribution in [0.15, 0.2) is 59.1 Å². The highest BCUT2D eigenvalue weighted by Crippen LogP contribution is 2.18. The molecular weight excluding hydrogens is 410 g/mol. The van der Waals surface area contributed by atoms with Gasteiger partial charge in [0.15, 0.2) is 11.5 Å². The summed E-state index contributed by atoms with van der Waals surface area (Å²) in [6, 6.07) is 15.0. The summed E-state index contributed by atoms with van der Waals surface area (Å²) in [4.78, 5) is 24.1. The van der Waals surface area contributed by atoms with Crippen molar-refractivity contribution in [1.82, 2.24) is 10.5 Å². The van der Waals surface area contributed by atoms with Crippen LogP contribution in [0, 0.1) is 0 Å². The molecule has 1 heterocycles. The van der Waals surface area contributed by atoms with Crippen molar-refractivity contribution in [3.63, 3.8) is 0 Å². The Kier molecular flexibility index (Phi) is 7.42. The van der Waals surface area contributed by atoms with E-state index in [9.17, 15) is 9.59 Å². The fourth-order valence-electron chi connectivity index (χ4n) is 2.44. The van der Waals surface area contributed by atoms with E-state index in [0.717, 1.165) is 0 Å². The van der Waals surface area contributed by atoms with Gasteiger partial charge in [-0.1, -0.05) is 16.8 Å². The quantitative estimate of drug-likeness (QED) is 0.504. The van der Waals surface area contributed by atoms with Crippen molar-refractivity contribution in [2.45, 2.75) is 6.61 Å². The molecule has 30 heavy (non-hydrogen) atoms. The van der Waals surface area contributed by atoms with Gasteiger partial charge >= 0.3 is 0 Å². The predicted molar refractivity (Wildman–Crippen MR) is 111 cm³/mol. The first-order valence-electron chi connectivity index (χ1n) is 9.07. The number of rotatable bonds is 9. The molecule has 156 valence electrons. The van der Waals surface area contributed by atoms with Crippen LogP contribution in [0.3, 0.4) is 0 Å². The van der Waals surface area contributed by atoms with Crippen LogP contribution in [0.5, 0.6) is 5.75 Å². The van der Waals surface area contributed by atoms with Gasteiger partial charge in [-0.2, -0.15) is 0 Å². The Bertz CT molecular complexity index is 987. The maximum atomic E-state index is 12.2. The predicted octanol–water partition coefficient (Wildman–Crippen LogP) is 3.54. The minimum atomic E-state index is -0.345. The fraction of sp³-hybridized carbons (Fsp3) is 0.190. The summed E-state index contributed by atoms with van der Waals surface area (Å²) in [7, 11) is 1.55. The lowest BCUT2D eigenvalue weighted by Gasteiger charge is -2.07. The number of nitrogens with one attached hydrogen (secondary N) is 2. The first-order valence-corrected chi connectivity index (χ1v) is 9.45. The molecule has 0 spiro atoms. The molecule has 3 aromatic rings. The van der Waals surface area contributed by atoms with E-state index in [1.807, 2.05) is 0 Å². The molecule has 8 nitrogen and oxygen atoms in total. The van der Waals surface area contributed by atoms with E-state index in [2.05, 4.69) is 15.8 Å². The third kappa shape index (κ3) is 6.07. The third-order valence-electron chi connectivity index (χ3n) is 3.98. The zero-order chi connectivity index (χ0) is 21.3. The fourth-order valence-corrected chi connectivity index (χ4v) is 2.56. The molecule has 0 fully saturated rings. The number of methoxy groups -OCH3 is 1. The minimum absolute atomic E-state index is 0.106. The van der Waals surface area contributed by atoms with E-state index in [1.54, 1.807) is 55.6 Å². The number of benzene rings is 2. The lowest BCUT2D eigenvalue weighted by Crippen LogP contribution is -2.27. The Balaban J connectivity index is 1.49. The highest BCUT2D eigenvalue weighted by atomic mass is 35.5. The van der Waals surface area contributed by atoms with Gasteiger partial charge in [-0.25, -0.2) is 0 Å². The molecule has 0 radical (unpaired) electrons. The smallest absolute Gasteiger partial charge is 0.273 e. The minimum Gasteiger partial charge on any atom is -0.486 e. The molecule has 0 saturated carbocycles. The SMILES string of the molecule is COCCNC(=O)c1cc(COc2ccc(NC(=O)c3ccc(Cl)cc3)cc2)on1. The van der Waals surface area contributed by atoms with Crippen molar-refractivity contribution in [2.24, 2.45) is 0 Å². The van der Waals surface area contributed by atoms with Gasteiger partial charge in [-0.05, 0) is 48.5 Å². The molecule has 0 aliphatic carbocycles. The molecule has 0 aliphatic rings. The van der Waals surface area contributed by atoms with Gasteiger partial charge in [-0.3, -0.25) is 9.59 Å². The topological polar surface area (TPSA) is 103 Å². The summed E-state index contributed by atoms with van der Waals surface area (Å²) in [5, 5.41) is 9.74. The molecule has 0 aliphatic heterocycles. The largest absolute Gasteiger partial charge is 0.486 e. The standard InChI is InChI=1S/C21H20ClN3O5/c1-28-11-10-23-21(27)19-12-18(30-25-19)13-29-17-8-6-16(7-9-17)24-20(26)14-2-4-15(22)5-3-14/h2-9,12H,10-11,13H2,1H3,(H,23,27)(H,24,26). The van der Waals surface area contributed by atoms with Crippen molar-refractivity contribution in [3.8, 4) is 5.75 Å². The van der Waals surface area contributed by atoms with Crippen molar-refractivity contribution >= 4 is 29.1 Å². The van der Waals surface area contributed by atoms with Gasteiger partial charge in [0, 0.05) is 36.0 Å². The summed E-state index contributed by atoms with van der Waals surface area (Å²) in [6.07, 6.45) is 0. The Labute approximate surface area is 178 Å². The number of carbonyl (C=O) groups excluding carboxylic acids is 2. The van der Waals surface area contributed by atoms with E-state index in [1.165, 1.54) is 6.07 Å². The van der Waals surface area contributed by atoms with Crippen LogP contribution in [0.25, 0.3) is 0 Å². The van der Waals surface area contributed by atoms with Gasteiger partial charge in [0.2, 0.25) is 0 Å². The zero-order valence-corrected chi connectivity index (χ0v) is 16.9. The first kappa shape index (κ1) is 21.4. The van der Waals surface area contributed by atoms with Gasteiger partial charge in [0.1, 0.15) is 12.4 Å². The Morgan fingerprint density at radius 1 is 1.07 bits per heavy atom.